The summed E-state index contributed by atoms with van der Waals surface area (Å²) in [5, 5.41) is 1.22. The molecule has 0 saturated heterocycles. The third-order valence-corrected chi connectivity index (χ3v) is 5.36. The van der Waals surface area contributed by atoms with Gasteiger partial charge in [-0.25, -0.2) is 4.98 Å². The lowest BCUT2D eigenvalue weighted by Crippen LogP contribution is -2.00. The van der Waals surface area contributed by atoms with Crippen LogP contribution in [0.3, 0.4) is 0 Å². The zero-order valence-electron chi connectivity index (χ0n) is 15.9. The van der Waals surface area contributed by atoms with Crippen molar-refractivity contribution < 1.29 is 9.47 Å². The van der Waals surface area contributed by atoms with Crippen LogP contribution in [0.5, 0.6) is 11.5 Å². The molecule has 3 aromatic carbocycles. The van der Waals surface area contributed by atoms with E-state index < -0.39 is 0 Å². The zero-order valence-corrected chi connectivity index (χ0v) is 17.4. The molecule has 0 amide bonds. The van der Waals surface area contributed by atoms with Crippen LogP contribution in [0, 0.1) is 0 Å². The number of rotatable bonds is 5. The third kappa shape index (κ3) is 3.46. The summed E-state index contributed by atoms with van der Waals surface area (Å²) < 4.78 is 11.6. The quantitative estimate of drug-likeness (QED) is 0.386. The van der Waals surface area contributed by atoms with Crippen LogP contribution in [0.1, 0.15) is 0 Å². The van der Waals surface area contributed by atoms with Crippen molar-refractivity contribution in [2.45, 2.75) is 0 Å². The maximum Gasteiger partial charge on any atom is 0.169 e. The van der Waals surface area contributed by atoms with Crippen LogP contribution in [0.25, 0.3) is 33.6 Å². The van der Waals surface area contributed by atoms with Crippen molar-refractivity contribution >= 4 is 23.2 Å². The normalized spacial score (nSPS) is 10.8. The van der Waals surface area contributed by atoms with Gasteiger partial charge >= 0.3 is 0 Å². The Morgan fingerprint density at radius 1 is 0.759 bits per heavy atom. The highest BCUT2D eigenvalue weighted by Crippen LogP contribution is 2.51. The zero-order chi connectivity index (χ0) is 20.4. The van der Waals surface area contributed by atoms with Crippen molar-refractivity contribution in [1.29, 1.82) is 0 Å². The Morgan fingerprint density at radius 2 is 1.38 bits per heavy atom. The van der Waals surface area contributed by atoms with Gasteiger partial charge in [-0.15, -0.1) is 0 Å². The molecule has 29 heavy (non-hydrogen) atoms. The highest BCUT2D eigenvalue weighted by Gasteiger charge is 2.25. The molecule has 1 aromatic heterocycles. The van der Waals surface area contributed by atoms with Gasteiger partial charge in [-0.1, -0.05) is 59.6 Å². The van der Waals surface area contributed by atoms with Gasteiger partial charge in [0.25, 0.3) is 0 Å². The first kappa shape index (κ1) is 19.4. The lowest BCUT2D eigenvalue weighted by Gasteiger charge is -2.21. The van der Waals surface area contributed by atoms with E-state index in [0.717, 1.165) is 27.8 Å². The Hall–Kier alpha value is -2.95. The maximum absolute atomic E-state index is 6.55. The van der Waals surface area contributed by atoms with Crippen LogP contribution in [0.2, 0.25) is 10.0 Å². The van der Waals surface area contributed by atoms with Gasteiger partial charge in [-0.05, 0) is 18.2 Å². The molecule has 4 rings (SSSR count). The van der Waals surface area contributed by atoms with Crippen LogP contribution < -0.4 is 9.47 Å². The minimum absolute atomic E-state index is 0.560. The number of aromatic nitrogens is 2. The predicted molar refractivity (Wildman–Crippen MR) is 118 cm³/mol. The summed E-state index contributed by atoms with van der Waals surface area (Å²) in [5.41, 5.74) is 4.08. The van der Waals surface area contributed by atoms with Crippen molar-refractivity contribution in [3.8, 4) is 45.1 Å². The first-order chi connectivity index (χ1) is 14.2. The number of nitrogens with one attached hydrogen (secondary N) is 1. The van der Waals surface area contributed by atoms with E-state index in [4.69, 9.17) is 32.7 Å². The Balaban J connectivity index is 2.14. The molecule has 0 unspecified atom stereocenters. The summed E-state index contributed by atoms with van der Waals surface area (Å²) in [6.45, 7) is 0. The van der Waals surface area contributed by atoms with Gasteiger partial charge in [0.2, 0.25) is 0 Å². The standard InChI is InChI=1S/C23H18Cl2N2O2/c1-28-21-16(14-7-3-5-9-18(14)24)13-17(23-26-11-12-27-23)20(22(21)29-2)15-8-4-6-10-19(15)25/h3-13H,1-2H3,(H,26,27). The third-order valence-electron chi connectivity index (χ3n) is 4.70. The van der Waals surface area contributed by atoms with Crippen LogP contribution in [-0.2, 0) is 0 Å². The molecule has 1 N–H and O–H groups in total. The topological polar surface area (TPSA) is 47.1 Å². The first-order valence-electron chi connectivity index (χ1n) is 8.94. The molecule has 0 aliphatic carbocycles. The predicted octanol–water partition coefficient (Wildman–Crippen LogP) is 6.73. The monoisotopic (exact) mass is 424 g/mol. The van der Waals surface area contributed by atoms with Crippen molar-refractivity contribution in [3.05, 3.63) is 77.0 Å². The Bertz CT molecular complexity index is 1160. The van der Waals surface area contributed by atoms with Gasteiger partial charge in [-0.2, -0.15) is 0 Å². The molecule has 1 heterocycles. The van der Waals surface area contributed by atoms with E-state index in [2.05, 4.69) is 9.97 Å². The largest absolute Gasteiger partial charge is 0.492 e. The molecular formula is C23H18Cl2N2O2. The molecule has 146 valence electrons. The fraction of sp³-hybridized carbons (Fsp3) is 0.0870. The molecule has 0 radical (unpaired) electrons. The minimum atomic E-state index is 0.560. The number of hydrogen-bond donors (Lipinski definition) is 1. The van der Waals surface area contributed by atoms with Crippen LogP contribution in [0.4, 0.5) is 0 Å². The molecule has 0 fully saturated rings. The van der Waals surface area contributed by atoms with E-state index >= 15 is 0 Å². The number of ether oxygens (including phenoxy) is 2. The number of H-pyrrole nitrogens is 1. The molecule has 4 nitrogen and oxygen atoms in total. The second kappa shape index (κ2) is 8.19. The van der Waals surface area contributed by atoms with E-state index in [-0.39, 0.29) is 0 Å². The number of hydrogen-bond acceptors (Lipinski definition) is 3. The van der Waals surface area contributed by atoms with E-state index in [1.165, 1.54) is 0 Å². The highest BCUT2D eigenvalue weighted by atomic mass is 35.5. The van der Waals surface area contributed by atoms with Gasteiger partial charge < -0.3 is 14.5 Å². The SMILES string of the molecule is COc1c(-c2ccccc2Cl)cc(-c2ncc[nH]2)c(-c2ccccc2Cl)c1OC. The van der Waals surface area contributed by atoms with E-state index in [9.17, 15) is 0 Å². The molecule has 6 heteroatoms. The summed E-state index contributed by atoms with van der Waals surface area (Å²) in [5.74, 6) is 1.82. The van der Waals surface area contributed by atoms with Gasteiger partial charge in [0, 0.05) is 50.3 Å². The highest BCUT2D eigenvalue weighted by molar-refractivity contribution is 6.34. The van der Waals surface area contributed by atoms with Crippen molar-refractivity contribution in [1.82, 2.24) is 9.97 Å². The number of halogens is 2. The number of benzene rings is 3. The van der Waals surface area contributed by atoms with E-state index in [1.54, 1.807) is 26.6 Å². The average molecular weight is 425 g/mol. The molecule has 0 saturated carbocycles. The molecule has 4 aromatic rings. The minimum Gasteiger partial charge on any atom is -0.492 e. The molecule has 0 aliphatic heterocycles. The van der Waals surface area contributed by atoms with Crippen LogP contribution in [-0.4, -0.2) is 24.2 Å². The number of aromatic amines is 1. The molecule has 0 bridgehead atoms. The summed E-state index contributed by atoms with van der Waals surface area (Å²) in [6.07, 6.45) is 3.48. The number of imidazole rings is 1. The second-order valence-electron chi connectivity index (χ2n) is 6.31. The van der Waals surface area contributed by atoms with Crippen molar-refractivity contribution in [2.75, 3.05) is 14.2 Å². The maximum atomic E-state index is 6.55. The number of nitrogens with zero attached hydrogens (tertiary/aromatic N) is 1. The fourth-order valence-electron chi connectivity index (χ4n) is 3.45. The second-order valence-corrected chi connectivity index (χ2v) is 7.13. The lowest BCUT2D eigenvalue weighted by molar-refractivity contribution is 0.357. The van der Waals surface area contributed by atoms with Gasteiger partial charge in [0.05, 0.1) is 14.2 Å². The van der Waals surface area contributed by atoms with E-state index in [1.807, 2.05) is 54.6 Å². The molecule has 0 aliphatic rings. The smallest absolute Gasteiger partial charge is 0.169 e. The van der Waals surface area contributed by atoms with Gasteiger partial charge in [-0.3, -0.25) is 0 Å². The molecular weight excluding hydrogens is 407 g/mol. The summed E-state index contributed by atoms with van der Waals surface area (Å²) in [6, 6.07) is 17.2. The fourth-order valence-corrected chi connectivity index (χ4v) is 3.92. The lowest BCUT2D eigenvalue weighted by atomic mass is 9.92. The number of methoxy groups -OCH3 is 2. The Labute approximate surface area is 179 Å². The van der Waals surface area contributed by atoms with Crippen molar-refractivity contribution in [3.63, 3.8) is 0 Å². The first-order valence-corrected chi connectivity index (χ1v) is 9.69. The molecule has 0 spiro atoms. The average Bonchev–Trinajstić information content (AvgIpc) is 3.28. The van der Waals surface area contributed by atoms with E-state index in [0.29, 0.717) is 27.4 Å². The Kier molecular flexibility index (Phi) is 5.47. The Morgan fingerprint density at radius 3 is 1.93 bits per heavy atom. The van der Waals surface area contributed by atoms with Crippen molar-refractivity contribution in [2.24, 2.45) is 0 Å². The van der Waals surface area contributed by atoms with Crippen LogP contribution >= 0.6 is 23.2 Å². The van der Waals surface area contributed by atoms with Gasteiger partial charge in [0.15, 0.2) is 11.5 Å². The van der Waals surface area contributed by atoms with Crippen LogP contribution in [0.15, 0.2) is 67.0 Å². The molecule has 0 atom stereocenters. The summed E-state index contributed by atoms with van der Waals surface area (Å²) in [4.78, 5) is 7.64. The van der Waals surface area contributed by atoms with Gasteiger partial charge in [0.1, 0.15) is 5.82 Å². The summed E-state index contributed by atoms with van der Waals surface area (Å²) in [7, 11) is 3.22. The summed E-state index contributed by atoms with van der Waals surface area (Å²) >= 11 is 13.1.